The Balaban J connectivity index is 2.28. The lowest BCUT2D eigenvalue weighted by molar-refractivity contribution is 0.569. The quantitative estimate of drug-likeness (QED) is 0.778. The van der Waals surface area contributed by atoms with Gasteiger partial charge in [0.2, 0.25) is 0 Å². The van der Waals surface area contributed by atoms with Crippen LogP contribution in [0.15, 0.2) is 4.99 Å². The number of unbranched alkanes of at least 4 members (excludes halogenated alkanes) is 1. The van der Waals surface area contributed by atoms with Crippen LogP contribution in [0.3, 0.4) is 0 Å². The van der Waals surface area contributed by atoms with E-state index in [0.29, 0.717) is 12.1 Å². The van der Waals surface area contributed by atoms with Crippen LogP contribution in [0, 0.1) is 0 Å². The lowest BCUT2D eigenvalue weighted by atomic mass is 10.1. The fourth-order valence-electron chi connectivity index (χ4n) is 1.50. The zero-order valence-electron chi connectivity index (χ0n) is 9.55. The van der Waals surface area contributed by atoms with Crippen molar-refractivity contribution in [1.82, 2.24) is 5.32 Å². The monoisotopic (exact) mass is 214 g/mol. The Kier molecular flexibility index (Phi) is 5.38. The Bertz CT molecular complexity index is 192. The highest BCUT2D eigenvalue weighted by molar-refractivity contribution is 8.13. The van der Waals surface area contributed by atoms with Crippen LogP contribution in [0.4, 0.5) is 0 Å². The molecule has 0 radical (unpaired) electrons. The van der Waals surface area contributed by atoms with Crippen LogP contribution in [0.1, 0.15) is 46.5 Å². The van der Waals surface area contributed by atoms with Crippen molar-refractivity contribution < 1.29 is 0 Å². The first-order chi connectivity index (χ1) is 6.72. The second kappa shape index (κ2) is 6.33. The van der Waals surface area contributed by atoms with Gasteiger partial charge in [-0.3, -0.25) is 4.99 Å². The van der Waals surface area contributed by atoms with Gasteiger partial charge in [0, 0.05) is 11.8 Å². The lowest BCUT2D eigenvalue weighted by Gasteiger charge is -2.21. The van der Waals surface area contributed by atoms with Crippen molar-refractivity contribution in [2.45, 2.75) is 58.5 Å². The van der Waals surface area contributed by atoms with Crippen LogP contribution in [0.2, 0.25) is 0 Å². The highest BCUT2D eigenvalue weighted by atomic mass is 32.2. The summed E-state index contributed by atoms with van der Waals surface area (Å²) in [6, 6.07) is 1.09. The van der Waals surface area contributed by atoms with E-state index in [4.69, 9.17) is 0 Å². The summed E-state index contributed by atoms with van der Waals surface area (Å²) in [4.78, 5) is 4.60. The third-order valence-electron chi connectivity index (χ3n) is 2.47. The molecule has 82 valence electrons. The molecule has 0 bridgehead atoms. The average molecular weight is 214 g/mol. The van der Waals surface area contributed by atoms with E-state index in [1.165, 1.54) is 31.4 Å². The predicted molar refractivity (Wildman–Crippen MR) is 66.1 cm³/mol. The summed E-state index contributed by atoms with van der Waals surface area (Å²) in [6.45, 7) is 6.68. The smallest absolute Gasteiger partial charge is 0.157 e. The number of aliphatic imine (C=N–C) groups is 1. The molecular weight excluding hydrogens is 192 g/mol. The standard InChI is InChI=1S/C11H22N2S/c1-4-5-6-9(2)12-11-13-10(3)7-8-14-11/h9-10H,4-8H2,1-3H3,(H,12,13). The van der Waals surface area contributed by atoms with E-state index in [0.717, 1.165) is 5.17 Å². The van der Waals surface area contributed by atoms with E-state index < -0.39 is 0 Å². The van der Waals surface area contributed by atoms with Crippen LogP contribution >= 0.6 is 11.8 Å². The first kappa shape index (κ1) is 11.9. The molecule has 0 saturated heterocycles. The van der Waals surface area contributed by atoms with E-state index in [9.17, 15) is 0 Å². The minimum Gasteiger partial charge on any atom is -0.362 e. The lowest BCUT2D eigenvalue weighted by Crippen LogP contribution is -2.33. The Hall–Kier alpha value is -0.180. The fraction of sp³-hybridized carbons (Fsp3) is 0.909. The van der Waals surface area contributed by atoms with Gasteiger partial charge in [0.15, 0.2) is 5.17 Å². The van der Waals surface area contributed by atoms with Crippen LogP contribution in [0.25, 0.3) is 0 Å². The highest BCUT2D eigenvalue weighted by Gasteiger charge is 2.12. The van der Waals surface area contributed by atoms with Crippen LogP contribution < -0.4 is 5.32 Å². The minimum atomic E-state index is 0.511. The molecule has 3 heteroatoms. The maximum Gasteiger partial charge on any atom is 0.157 e. The van der Waals surface area contributed by atoms with Crippen molar-refractivity contribution in [3.05, 3.63) is 0 Å². The molecule has 0 amide bonds. The summed E-state index contributed by atoms with van der Waals surface area (Å²) in [5.74, 6) is 1.22. The first-order valence-corrected chi connectivity index (χ1v) is 6.68. The van der Waals surface area contributed by atoms with Crippen molar-refractivity contribution in [3.63, 3.8) is 0 Å². The summed E-state index contributed by atoms with van der Waals surface area (Å²) >= 11 is 1.87. The molecule has 1 rings (SSSR count). The molecule has 14 heavy (non-hydrogen) atoms. The van der Waals surface area contributed by atoms with Crippen molar-refractivity contribution >= 4 is 16.9 Å². The van der Waals surface area contributed by atoms with Crippen LogP contribution in [0.5, 0.6) is 0 Å². The largest absolute Gasteiger partial charge is 0.362 e. The van der Waals surface area contributed by atoms with E-state index in [1.807, 2.05) is 11.8 Å². The highest BCUT2D eigenvalue weighted by Crippen LogP contribution is 2.16. The molecule has 0 aromatic carbocycles. The number of thioether (sulfide) groups is 1. The molecular formula is C11H22N2S. The minimum absolute atomic E-state index is 0.511. The van der Waals surface area contributed by atoms with Gasteiger partial charge in [0.05, 0.1) is 6.04 Å². The molecule has 2 nitrogen and oxygen atoms in total. The fourth-order valence-corrected chi connectivity index (χ4v) is 2.69. The molecule has 0 fully saturated rings. The summed E-state index contributed by atoms with van der Waals surface area (Å²) in [5.41, 5.74) is 0. The van der Waals surface area contributed by atoms with Gasteiger partial charge in [-0.05, 0) is 26.7 Å². The normalized spacial score (nSPS) is 24.2. The van der Waals surface area contributed by atoms with Gasteiger partial charge in [-0.25, -0.2) is 0 Å². The zero-order chi connectivity index (χ0) is 10.4. The number of amidine groups is 1. The molecule has 1 aliphatic rings. The number of hydrogen-bond donors (Lipinski definition) is 1. The van der Waals surface area contributed by atoms with Crippen LogP contribution in [-0.4, -0.2) is 23.0 Å². The van der Waals surface area contributed by atoms with E-state index in [2.05, 4.69) is 31.1 Å². The second-order valence-corrected chi connectivity index (χ2v) is 5.19. The average Bonchev–Trinajstić information content (AvgIpc) is 2.15. The SMILES string of the molecule is CCCCC(C)NC1=NC(C)CCS1. The number of nitrogens with zero attached hydrogens (tertiary/aromatic N) is 1. The number of hydrogen-bond acceptors (Lipinski definition) is 3. The van der Waals surface area contributed by atoms with Gasteiger partial charge in [0.25, 0.3) is 0 Å². The van der Waals surface area contributed by atoms with Crippen molar-refractivity contribution in [3.8, 4) is 0 Å². The molecule has 1 aliphatic heterocycles. The maximum absolute atomic E-state index is 4.60. The molecule has 2 atom stereocenters. The Morgan fingerprint density at radius 1 is 1.64 bits per heavy atom. The molecule has 0 aromatic heterocycles. The van der Waals surface area contributed by atoms with Gasteiger partial charge >= 0.3 is 0 Å². The molecule has 0 aromatic rings. The van der Waals surface area contributed by atoms with E-state index >= 15 is 0 Å². The Labute approximate surface area is 92.0 Å². The summed E-state index contributed by atoms with van der Waals surface area (Å²) in [5, 5.41) is 4.66. The third kappa shape index (κ3) is 4.36. The predicted octanol–water partition coefficient (Wildman–Crippen LogP) is 3.04. The second-order valence-electron chi connectivity index (χ2n) is 4.11. The van der Waals surface area contributed by atoms with Gasteiger partial charge in [0.1, 0.15) is 0 Å². The summed E-state index contributed by atoms with van der Waals surface area (Å²) < 4.78 is 0. The number of nitrogens with one attached hydrogen (secondary N) is 1. The molecule has 0 saturated carbocycles. The van der Waals surface area contributed by atoms with Crippen molar-refractivity contribution in [2.75, 3.05) is 5.75 Å². The third-order valence-corrected chi connectivity index (χ3v) is 3.41. The van der Waals surface area contributed by atoms with Crippen LogP contribution in [-0.2, 0) is 0 Å². The van der Waals surface area contributed by atoms with Crippen molar-refractivity contribution in [1.29, 1.82) is 0 Å². The topological polar surface area (TPSA) is 24.4 Å². The summed E-state index contributed by atoms with van der Waals surface area (Å²) in [7, 11) is 0. The first-order valence-electron chi connectivity index (χ1n) is 5.69. The van der Waals surface area contributed by atoms with E-state index in [1.54, 1.807) is 0 Å². The number of rotatable bonds is 4. The molecule has 2 unspecified atom stereocenters. The van der Waals surface area contributed by atoms with Gasteiger partial charge in [-0.2, -0.15) is 0 Å². The molecule has 1 heterocycles. The van der Waals surface area contributed by atoms with Gasteiger partial charge in [-0.1, -0.05) is 31.5 Å². The molecule has 1 N–H and O–H groups in total. The molecule has 0 spiro atoms. The Morgan fingerprint density at radius 2 is 2.43 bits per heavy atom. The zero-order valence-corrected chi connectivity index (χ0v) is 10.4. The summed E-state index contributed by atoms with van der Waals surface area (Å²) in [6.07, 6.45) is 5.06. The van der Waals surface area contributed by atoms with E-state index in [-0.39, 0.29) is 0 Å². The van der Waals surface area contributed by atoms with Gasteiger partial charge < -0.3 is 5.32 Å². The Morgan fingerprint density at radius 3 is 3.07 bits per heavy atom. The maximum atomic E-state index is 4.60. The van der Waals surface area contributed by atoms with Gasteiger partial charge in [-0.15, -0.1) is 0 Å². The van der Waals surface area contributed by atoms with Crippen molar-refractivity contribution in [2.24, 2.45) is 4.99 Å². The molecule has 0 aliphatic carbocycles.